The van der Waals surface area contributed by atoms with Crippen molar-refractivity contribution >= 4 is 29.3 Å². The Kier molecular flexibility index (Phi) is 5.47. The number of nitrogens with one attached hydrogen (secondary N) is 1. The predicted octanol–water partition coefficient (Wildman–Crippen LogP) is 3.30. The molecule has 1 unspecified atom stereocenters. The van der Waals surface area contributed by atoms with Crippen LogP contribution < -0.4 is 11.3 Å². The maximum Gasteiger partial charge on any atom is 0.251 e. The smallest absolute Gasteiger partial charge is 0.251 e. The fourth-order valence-corrected chi connectivity index (χ4v) is 3.03. The van der Waals surface area contributed by atoms with Gasteiger partial charge in [0.25, 0.3) is 5.91 Å². The lowest BCUT2D eigenvalue weighted by molar-refractivity contribution is -0.120. The van der Waals surface area contributed by atoms with E-state index in [1.54, 1.807) is 0 Å². The lowest BCUT2D eigenvalue weighted by atomic mass is 10.1. The van der Waals surface area contributed by atoms with Gasteiger partial charge in [-0.1, -0.05) is 54.1 Å². The van der Waals surface area contributed by atoms with E-state index in [-0.39, 0.29) is 11.2 Å². The van der Waals surface area contributed by atoms with E-state index < -0.39 is 0 Å². The quantitative estimate of drug-likeness (QED) is 0.506. The molecule has 0 aliphatic carbocycles. The van der Waals surface area contributed by atoms with Crippen LogP contribution in [0.2, 0.25) is 5.02 Å². The van der Waals surface area contributed by atoms with Crippen molar-refractivity contribution in [2.75, 3.05) is 0 Å². The summed E-state index contributed by atoms with van der Waals surface area (Å²) < 4.78 is 0. The number of carbonyl (C=O) groups is 1. The molecule has 0 bridgehead atoms. The third-order valence-corrected chi connectivity index (χ3v) is 4.38. The molecule has 0 aliphatic rings. The molecule has 1 amide bonds. The minimum atomic E-state index is -0.322. The molecule has 0 spiro atoms. The third kappa shape index (κ3) is 4.00. The van der Waals surface area contributed by atoms with Crippen molar-refractivity contribution in [2.45, 2.75) is 11.0 Å². The summed E-state index contributed by atoms with van der Waals surface area (Å²) in [5.74, 6) is 5.78. The molecule has 3 nitrogen and oxygen atoms in total. The van der Waals surface area contributed by atoms with Crippen molar-refractivity contribution in [1.29, 1.82) is 0 Å². The van der Waals surface area contributed by atoms with Crippen LogP contribution in [0.3, 0.4) is 0 Å². The van der Waals surface area contributed by atoms with E-state index in [1.165, 1.54) is 11.8 Å². The van der Waals surface area contributed by atoms with Gasteiger partial charge in [0.05, 0.1) is 0 Å². The van der Waals surface area contributed by atoms with E-state index in [1.807, 2.05) is 54.6 Å². The monoisotopic (exact) mass is 306 g/mol. The number of hydrogen-bond donors (Lipinski definition) is 2. The van der Waals surface area contributed by atoms with Crippen LogP contribution in [0.4, 0.5) is 0 Å². The van der Waals surface area contributed by atoms with Gasteiger partial charge >= 0.3 is 0 Å². The minimum Gasteiger partial charge on any atom is -0.293 e. The molecule has 0 radical (unpaired) electrons. The van der Waals surface area contributed by atoms with Crippen molar-refractivity contribution in [1.82, 2.24) is 5.43 Å². The molecule has 2 rings (SSSR count). The number of hydrogen-bond acceptors (Lipinski definition) is 3. The highest BCUT2D eigenvalue weighted by molar-refractivity contribution is 7.99. The maximum atomic E-state index is 11.9. The molecular formula is C15H15ClN2OS. The van der Waals surface area contributed by atoms with Gasteiger partial charge in [-0.25, -0.2) is 5.84 Å². The molecule has 0 heterocycles. The van der Waals surface area contributed by atoms with Crippen LogP contribution in [0.5, 0.6) is 0 Å². The third-order valence-electron chi connectivity index (χ3n) is 2.81. The Morgan fingerprint density at radius 2 is 1.80 bits per heavy atom. The van der Waals surface area contributed by atoms with Crippen LogP contribution in [0.15, 0.2) is 54.6 Å². The Morgan fingerprint density at radius 3 is 2.40 bits per heavy atom. The van der Waals surface area contributed by atoms with Gasteiger partial charge in [0.15, 0.2) is 0 Å². The number of halogens is 1. The lowest BCUT2D eigenvalue weighted by Gasteiger charge is -2.15. The largest absolute Gasteiger partial charge is 0.293 e. The molecule has 20 heavy (non-hydrogen) atoms. The minimum absolute atomic E-state index is 0.199. The number of thioether (sulfide) groups is 1. The topological polar surface area (TPSA) is 55.1 Å². The number of rotatable bonds is 5. The molecule has 0 aromatic heterocycles. The summed E-state index contributed by atoms with van der Waals surface area (Å²) >= 11 is 7.39. The molecule has 2 aromatic rings. The molecule has 2 aromatic carbocycles. The first-order valence-electron chi connectivity index (χ1n) is 6.12. The first-order valence-corrected chi connectivity index (χ1v) is 7.55. The Morgan fingerprint density at radius 1 is 1.15 bits per heavy atom. The molecule has 104 valence electrons. The lowest BCUT2D eigenvalue weighted by Crippen LogP contribution is -2.33. The zero-order chi connectivity index (χ0) is 14.4. The first kappa shape index (κ1) is 14.9. The average Bonchev–Trinajstić information content (AvgIpc) is 2.50. The average molecular weight is 307 g/mol. The van der Waals surface area contributed by atoms with E-state index in [2.05, 4.69) is 5.43 Å². The predicted molar refractivity (Wildman–Crippen MR) is 84.3 cm³/mol. The van der Waals surface area contributed by atoms with Gasteiger partial charge < -0.3 is 0 Å². The number of hydrazine groups is 1. The molecule has 0 aliphatic heterocycles. The van der Waals surface area contributed by atoms with Crippen LogP contribution in [-0.4, -0.2) is 5.91 Å². The Bertz CT molecular complexity index is 560. The van der Waals surface area contributed by atoms with E-state index in [9.17, 15) is 4.79 Å². The van der Waals surface area contributed by atoms with Crippen LogP contribution >= 0.6 is 23.4 Å². The standard InChI is InChI=1S/C15H15ClN2OS/c16-13-8-6-11(7-9-13)10-20-14(15(19)18-17)12-4-2-1-3-5-12/h1-9,14H,10,17H2,(H,18,19). The second kappa shape index (κ2) is 7.33. The van der Waals surface area contributed by atoms with E-state index in [0.29, 0.717) is 10.8 Å². The highest BCUT2D eigenvalue weighted by Gasteiger charge is 2.20. The molecule has 0 saturated carbocycles. The maximum absolute atomic E-state index is 11.9. The van der Waals surface area contributed by atoms with Crippen molar-refractivity contribution in [3.05, 3.63) is 70.7 Å². The Labute approximate surface area is 127 Å². The van der Waals surface area contributed by atoms with Crippen LogP contribution in [0.1, 0.15) is 16.4 Å². The van der Waals surface area contributed by atoms with Crippen molar-refractivity contribution in [3.63, 3.8) is 0 Å². The number of amides is 1. The summed E-state index contributed by atoms with van der Waals surface area (Å²) in [5, 5.41) is 0.384. The molecular weight excluding hydrogens is 292 g/mol. The van der Waals surface area contributed by atoms with Crippen LogP contribution in [0, 0.1) is 0 Å². The summed E-state index contributed by atoms with van der Waals surface area (Å²) in [6, 6.07) is 17.2. The zero-order valence-corrected chi connectivity index (χ0v) is 12.3. The fraction of sp³-hybridized carbons (Fsp3) is 0.133. The molecule has 1 atom stereocenters. The second-order valence-corrected chi connectivity index (χ2v) is 5.77. The first-order chi connectivity index (χ1) is 9.70. The number of nitrogens with two attached hydrogens (primary N) is 1. The highest BCUT2D eigenvalue weighted by atomic mass is 35.5. The van der Waals surface area contributed by atoms with Gasteiger partial charge in [0.2, 0.25) is 0 Å². The summed E-state index contributed by atoms with van der Waals surface area (Å²) in [4.78, 5) is 11.9. The molecule has 3 N–H and O–H groups in total. The second-order valence-electron chi connectivity index (χ2n) is 4.24. The fourth-order valence-electron chi connectivity index (χ4n) is 1.79. The molecule has 5 heteroatoms. The zero-order valence-electron chi connectivity index (χ0n) is 10.8. The number of benzene rings is 2. The van der Waals surface area contributed by atoms with E-state index in [0.717, 1.165) is 11.1 Å². The Hall–Kier alpha value is -1.49. The van der Waals surface area contributed by atoms with Crippen molar-refractivity contribution < 1.29 is 4.79 Å². The van der Waals surface area contributed by atoms with Crippen molar-refractivity contribution in [3.8, 4) is 0 Å². The Balaban J connectivity index is 2.09. The SMILES string of the molecule is NNC(=O)C(SCc1ccc(Cl)cc1)c1ccccc1. The molecule has 0 fully saturated rings. The normalized spacial score (nSPS) is 11.9. The summed E-state index contributed by atoms with van der Waals surface area (Å²) in [6.45, 7) is 0. The summed E-state index contributed by atoms with van der Waals surface area (Å²) in [6.07, 6.45) is 0. The van der Waals surface area contributed by atoms with Gasteiger partial charge in [-0.2, -0.15) is 0 Å². The van der Waals surface area contributed by atoms with Gasteiger partial charge in [-0.3, -0.25) is 10.2 Å². The van der Waals surface area contributed by atoms with E-state index in [4.69, 9.17) is 17.4 Å². The van der Waals surface area contributed by atoms with Gasteiger partial charge in [-0.15, -0.1) is 11.8 Å². The van der Waals surface area contributed by atoms with Gasteiger partial charge in [0.1, 0.15) is 5.25 Å². The summed E-state index contributed by atoms with van der Waals surface area (Å²) in [7, 11) is 0. The highest BCUT2D eigenvalue weighted by Crippen LogP contribution is 2.31. The summed E-state index contributed by atoms with van der Waals surface area (Å²) in [5.41, 5.74) is 4.28. The number of carbonyl (C=O) groups excluding carboxylic acids is 1. The van der Waals surface area contributed by atoms with Crippen LogP contribution in [0.25, 0.3) is 0 Å². The van der Waals surface area contributed by atoms with Gasteiger partial charge in [-0.05, 0) is 23.3 Å². The van der Waals surface area contributed by atoms with Crippen LogP contribution in [-0.2, 0) is 10.5 Å². The molecule has 0 saturated heterocycles. The van der Waals surface area contributed by atoms with Crippen molar-refractivity contribution in [2.24, 2.45) is 5.84 Å². The van der Waals surface area contributed by atoms with E-state index >= 15 is 0 Å². The van der Waals surface area contributed by atoms with Gasteiger partial charge in [0, 0.05) is 10.8 Å².